The first-order chi connectivity index (χ1) is 14.6. The smallest absolute Gasteiger partial charge is 0.259 e. The number of hydrogen-bond acceptors (Lipinski definition) is 7. The molecule has 2 aliphatic heterocycles. The third kappa shape index (κ3) is 2.65. The van der Waals surface area contributed by atoms with E-state index in [1.54, 1.807) is 42.5 Å². The summed E-state index contributed by atoms with van der Waals surface area (Å²) in [5.41, 5.74) is 3.88. The van der Waals surface area contributed by atoms with Crippen LogP contribution in [0, 0.1) is 5.92 Å². The van der Waals surface area contributed by atoms with E-state index < -0.39 is 29.6 Å². The number of carbonyl (C=O) groups excluding carboxylic acids is 3. The molecule has 1 aromatic heterocycles. The van der Waals surface area contributed by atoms with E-state index in [1.807, 2.05) is 18.2 Å². The number of anilines is 1. The summed E-state index contributed by atoms with van der Waals surface area (Å²) in [5, 5.41) is 4.92. The number of amides is 2. The van der Waals surface area contributed by atoms with E-state index in [4.69, 9.17) is 4.74 Å². The first kappa shape index (κ1) is 18.0. The number of nitrogens with zero attached hydrogens (tertiary/aromatic N) is 3. The minimum absolute atomic E-state index is 0.00785. The van der Waals surface area contributed by atoms with Crippen molar-refractivity contribution in [1.82, 2.24) is 10.4 Å². The van der Waals surface area contributed by atoms with Gasteiger partial charge >= 0.3 is 0 Å². The quantitative estimate of drug-likeness (QED) is 0.531. The standard InChI is InChI=1S/C22H16N4O4/c1-30-14-7-4-6-13(11-14)26-21(28)17-18(24-25-19(17)22(26)29)20(27)16-10-9-12-5-2-3-8-15(12)23-16/h2-11,17,19,25H,1H3/t17-,19-/m0/s1. The SMILES string of the molecule is COc1cccc(N2C(=O)[C@H]3C(C(=O)c4ccc5ccccc5n4)=NN[C@@H]3C2=O)c1. The van der Waals surface area contributed by atoms with Crippen LogP contribution in [-0.4, -0.2) is 41.4 Å². The number of hydrazone groups is 1. The Hall–Kier alpha value is -4.07. The zero-order chi connectivity index (χ0) is 20.8. The number of carbonyl (C=O) groups is 3. The lowest BCUT2D eigenvalue weighted by Crippen LogP contribution is -2.36. The summed E-state index contributed by atoms with van der Waals surface area (Å²) >= 11 is 0. The number of ether oxygens (including phenoxy) is 1. The molecule has 2 aromatic carbocycles. The number of nitrogens with one attached hydrogen (secondary N) is 1. The van der Waals surface area contributed by atoms with Crippen LogP contribution in [0.15, 0.2) is 65.8 Å². The summed E-state index contributed by atoms with van der Waals surface area (Å²) in [6.07, 6.45) is 0. The van der Waals surface area contributed by atoms with Crippen molar-refractivity contribution in [2.75, 3.05) is 12.0 Å². The van der Waals surface area contributed by atoms with Gasteiger partial charge in [0, 0.05) is 11.5 Å². The van der Waals surface area contributed by atoms with Crippen LogP contribution in [0.3, 0.4) is 0 Å². The Morgan fingerprint density at radius 2 is 1.87 bits per heavy atom. The molecule has 2 aliphatic rings. The van der Waals surface area contributed by atoms with Crippen LogP contribution in [0.2, 0.25) is 0 Å². The van der Waals surface area contributed by atoms with Crippen molar-refractivity contribution in [1.29, 1.82) is 0 Å². The normalized spacial score (nSPS) is 20.2. The highest BCUT2D eigenvalue weighted by atomic mass is 16.5. The molecule has 148 valence electrons. The second-order valence-electron chi connectivity index (χ2n) is 7.01. The van der Waals surface area contributed by atoms with Crippen molar-refractivity contribution in [3.8, 4) is 5.75 Å². The van der Waals surface area contributed by atoms with E-state index in [2.05, 4.69) is 15.5 Å². The molecule has 1 N–H and O–H groups in total. The molecule has 0 aliphatic carbocycles. The molecule has 1 fully saturated rings. The molecular weight excluding hydrogens is 384 g/mol. The molecule has 8 nitrogen and oxygen atoms in total. The van der Waals surface area contributed by atoms with Crippen LogP contribution >= 0.6 is 0 Å². The van der Waals surface area contributed by atoms with Crippen LogP contribution in [0.5, 0.6) is 5.75 Å². The zero-order valence-electron chi connectivity index (χ0n) is 15.9. The van der Waals surface area contributed by atoms with Crippen LogP contribution < -0.4 is 15.1 Å². The number of aromatic nitrogens is 1. The number of methoxy groups -OCH3 is 1. The maximum absolute atomic E-state index is 13.1. The van der Waals surface area contributed by atoms with Crippen LogP contribution in [0.1, 0.15) is 10.5 Å². The molecule has 0 saturated carbocycles. The topological polar surface area (TPSA) is 101 Å². The van der Waals surface area contributed by atoms with Gasteiger partial charge < -0.3 is 4.74 Å². The van der Waals surface area contributed by atoms with Crippen molar-refractivity contribution in [2.45, 2.75) is 6.04 Å². The predicted octanol–water partition coefficient (Wildman–Crippen LogP) is 1.94. The van der Waals surface area contributed by atoms with E-state index in [0.29, 0.717) is 17.0 Å². The van der Waals surface area contributed by atoms with Crippen molar-refractivity contribution >= 4 is 39.9 Å². The molecule has 5 rings (SSSR count). The second-order valence-corrected chi connectivity index (χ2v) is 7.01. The van der Waals surface area contributed by atoms with Crippen molar-refractivity contribution in [3.63, 3.8) is 0 Å². The van der Waals surface area contributed by atoms with Gasteiger partial charge in [0.15, 0.2) is 0 Å². The fraction of sp³-hybridized carbons (Fsp3) is 0.136. The number of imide groups is 1. The van der Waals surface area contributed by atoms with E-state index in [1.165, 1.54) is 7.11 Å². The molecule has 1 saturated heterocycles. The Kier molecular flexibility index (Phi) is 4.06. The average Bonchev–Trinajstić information content (AvgIpc) is 3.33. The highest BCUT2D eigenvalue weighted by Gasteiger charge is 2.55. The Balaban J connectivity index is 1.48. The summed E-state index contributed by atoms with van der Waals surface area (Å²) < 4.78 is 5.18. The highest BCUT2D eigenvalue weighted by Crippen LogP contribution is 2.32. The van der Waals surface area contributed by atoms with Gasteiger partial charge in [0.1, 0.15) is 29.1 Å². The Morgan fingerprint density at radius 3 is 2.70 bits per heavy atom. The van der Waals surface area contributed by atoms with Gasteiger partial charge in [-0.3, -0.25) is 19.8 Å². The fourth-order valence-corrected chi connectivity index (χ4v) is 3.80. The number of para-hydroxylation sites is 1. The number of hydrogen-bond donors (Lipinski definition) is 1. The Labute approximate surface area is 171 Å². The molecule has 0 bridgehead atoms. The van der Waals surface area contributed by atoms with Gasteiger partial charge in [-0.25, -0.2) is 9.88 Å². The van der Waals surface area contributed by atoms with E-state index >= 15 is 0 Å². The summed E-state index contributed by atoms with van der Waals surface area (Å²) in [6, 6.07) is 16.5. The lowest BCUT2D eigenvalue weighted by Gasteiger charge is -2.16. The first-order valence-electron chi connectivity index (χ1n) is 9.34. The maximum Gasteiger partial charge on any atom is 0.259 e. The number of benzene rings is 2. The van der Waals surface area contributed by atoms with Crippen LogP contribution in [0.25, 0.3) is 10.9 Å². The van der Waals surface area contributed by atoms with Gasteiger partial charge in [0.05, 0.1) is 18.3 Å². The highest BCUT2D eigenvalue weighted by molar-refractivity contribution is 6.52. The van der Waals surface area contributed by atoms with Gasteiger partial charge in [-0.1, -0.05) is 30.3 Å². The second kappa shape index (κ2) is 6.77. The van der Waals surface area contributed by atoms with Crippen molar-refractivity contribution in [3.05, 3.63) is 66.4 Å². The van der Waals surface area contributed by atoms with Crippen LogP contribution in [0.4, 0.5) is 5.69 Å². The van der Waals surface area contributed by atoms with Crippen molar-refractivity contribution < 1.29 is 19.1 Å². The van der Waals surface area contributed by atoms with Gasteiger partial charge in [0.2, 0.25) is 11.7 Å². The summed E-state index contributed by atoms with van der Waals surface area (Å²) in [5.74, 6) is -1.92. The van der Waals surface area contributed by atoms with Crippen LogP contribution in [-0.2, 0) is 9.59 Å². The summed E-state index contributed by atoms with van der Waals surface area (Å²) in [4.78, 5) is 44.6. The third-order valence-corrected chi connectivity index (χ3v) is 5.30. The maximum atomic E-state index is 13.1. The molecule has 30 heavy (non-hydrogen) atoms. The lowest BCUT2D eigenvalue weighted by atomic mass is 9.94. The Bertz CT molecular complexity index is 1250. The van der Waals surface area contributed by atoms with E-state index in [-0.39, 0.29) is 11.4 Å². The predicted molar refractivity (Wildman–Crippen MR) is 109 cm³/mol. The molecule has 0 radical (unpaired) electrons. The zero-order valence-corrected chi connectivity index (χ0v) is 15.9. The Morgan fingerprint density at radius 1 is 1.03 bits per heavy atom. The molecule has 2 amide bonds. The summed E-state index contributed by atoms with van der Waals surface area (Å²) in [7, 11) is 1.50. The van der Waals surface area contributed by atoms with E-state index in [9.17, 15) is 14.4 Å². The van der Waals surface area contributed by atoms with Gasteiger partial charge in [0.25, 0.3) is 5.91 Å². The number of ketones is 1. The van der Waals surface area contributed by atoms with E-state index in [0.717, 1.165) is 10.3 Å². The molecule has 3 heterocycles. The molecule has 2 atom stereocenters. The van der Waals surface area contributed by atoms with Gasteiger partial charge in [-0.15, -0.1) is 0 Å². The first-order valence-corrected chi connectivity index (χ1v) is 9.34. The molecule has 0 unspecified atom stereocenters. The minimum atomic E-state index is -0.996. The number of rotatable bonds is 4. The molecule has 8 heteroatoms. The molecule has 0 spiro atoms. The molecular formula is C22H16N4O4. The fourth-order valence-electron chi connectivity index (χ4n) is 3.80. The van der Waals surface area contributed by atoms with Gasteiger partial charge in [-0.2, -0.15) is 5.10 Å². The number of pyridine rings is 1. The van der Waals surface area contributed by atoms with Gasteiger partial charge in [-0.05, 0) is 24.3 Å². The number of Topliss-reactive ketones (excluding diaryl/α,β-unsaturated/α-hetero) is 1. The summed E-state index contributed by atoms with van der Waals surface area (Å²) in [6.45, 7) is 0. The minimum Gasteiger partial charge on any atom is -0.497 e. The average molecular weight is 400 g/mol. The monoisotopic (exact) mass is 400 g/mol. The lowest BCUT2D eigenvalue weighted by molar-refractivity contribution is -0.122. The molecule has 3 aromatic rings. The van der Waals surface area contributed by atoms with Crippen molar-refractivity contribution in [2.24, 2.45) is 11.0 Å². The largest absolute Gasteiger partial charge is 0.497 e. The number of fused-ring (bicyclic) bond motifs is 2. The third-order valence-electron chi connectivity index (χ3n) is 5.30.